The minimum Gasteiger partial charge on any atom is -0.317 e. The second kappa shape index (κ2) is 5.27. The molecule has 1 N–H and O–H groups in total. The van der Waals surface area contributed by atoms with E-state index in [4.69, 9.17) is 0 Å². The minimum atomic E-state index is 0.767. The molecule has 0 aromatic rings. The van der Waals surface area contributed by atoms with Gasteiger partial charge in [-0.1, -0.05) is 25.7 Å². The summed E-state index contributed by atoms with van der Waals surface area (Å²) < 4.78 is 0. The van der Waals surface area contributed by atoms with Gasteiger partial charge in [-0.05, 0) is 50.1 Å². The molecule has 0 radical (unpaired) electrons. The van der Waals surface area contributed by atoms with Crippen LogP contribution in [-0.2, 0) is 0 Å². The fourth-order valence-electron chi connectivity index (χ4n) is 4.26. The van der Waals surface area contributed by atoms with Gasteiger partial charge in [0.05, 0.1) is 0 Å². The maximum Gasteiger partial charge on any atom is 0.00506 e. The van der Waals surface area contributed by atoms with Gasteiger partial charge in [0.2, 0.25) is 0 Å². The van der Waals surface area contributed by atoms with E-state index in [0.29, 0.717) is 0 Å². The number of hydrogen-bond acceptors (Lipinski definition) is 2. The van der Waals surface area contributed by atoms with Crippen LogP contribution in [0.5, 0.6) is 0 Å². The van der Waals surface area contributed by atoms with Crippen LogP contribution in [-0.4, -0.2) is 37.6 Å². The van der Waals surface area contributed by atoms with E-state index >= 15 is 0 Å². The Kier molecular flexibility index (Phi) is 3.72. The van der Waals surface area contributed by atoms with Crippen LogP contribution in [0.15, 0.2) is 0 Å². The summed E-state index contributed by atoms with van der Waals surface area (Å²) in [7, 11) is 0. The number of rotatable bonds is 2. The first-order chi connectivity index (χ1) is 8.36. The van der Waals surface area contributed by atoms with Crippen molar-refractivity contribution in [3.63, 3.8) is 0 Å². The first kappa shape index (κ1) is 12.0. The van der Waals surface area contributed by atoms with Crippen molar-refractivity contribution in [3.8, 4) is 0 Å². The molecule has 0 aromatic heterocycles. The zero-order chi connectivity index (χ0) is 11.6. The lowest BCUT2D eigenvalue weighted by Gasteiger charge is -2.51. The van der Waals surface area contributed by atoms with Crippen LogP contribution in [0.2, 0.25) is 0 Å². The zero-order valence-electron chi connectivity index (χ0n) is 11.2. The van der Waals surface area contributed by atoms with Crippen LogP contribution in [0, 0.1) is 11.3 Å². The third-order valence-electron chi connectivity index (χ3n) is 5.26. The molecule has 2 heteroatoms. The van der Waals surface area contributed by atoms with Crippen molar-refractivity contribution >= 4 is 0 Å². The van der Waals surface area contributed by atoms with E-state index in [9.17, 15) is 0 Å². The van der Waals surface area contributed by atoms with Gasteiger partial charge in [-0.3, -0.25) is 0 Å². The van der Waals surface area contributed by atoms with E-state index in [-0.39, 0.29) is 0 Å². The Morgan fingerprint density at radius 2 is 1.59 bits per heavy atom. The summed E-state index contributed by atoms with van der Waals surface area (Å²) in [5, 5.41) is 3.47. The van der Waals surface area contributed by atoms with Gasteiger partial charge in [-0.15, -0.1) is 0 Å². The number of nitrogens with one attached hydrogen (secondary N) is 1. The molecule has 3 aliphatic rings. The SMILES string of the molecule is C1CCCC2(CC1)CN(CC1CCNCC1)C2. The van der Waals surface area contributed by atoms with Gasteiger partial charge in [0.1, 0.15) is 0 Å². The van der Waals surface area contributed by atoms with Crippen LogP contribution < -0.4 is 5.32 Å². The molecule has 0 unspecified atom stereocenters. The van der Waals surface area contributed by atoms with E-state index in [1.807, 2.05) is 0 Å². The molecule has 17 heavy (non-hydrogen) atoms. The lowest BCUT2D eigenvalue weighted by Crippen LogP contribution is -2.57. The molecule has 98 valence electrons. The molecule has 3 rings (SSSR count). The fourth-order valence-corrected chi connectivity index (χ4v) is 4.26. The molecular formula is C15H28N2. The molecule has 2 aliphatic heterocycles. The molecule has 2 heterocycles. The molecule has 1 saturated carbocycles. The van der Waals surface area contributed by atoms with Crippen molar-refractivity contribution in [2.75, 3.05) is 32.7 Å². The summed E-state index contributed by atoms with van der Waals surface area (Å²) >= 11 is 0. The van der Waals surface area contributed by atoms with E-state index in [2.05, 4.69) is 10.2 Å². The van der Waals surface area contributed by atoms with Gasteiger partial charge < -0.3 is 10.2 Å². The topological polar surface area (TPSA) is 15.3 Å². The van der Waals surface area contributed by atoms with Crippen molar-refractivity contribution in [3.05, 3.63) is 0 Å². The van der Waals surface area contributed by atoms with Gasteiger partial charge in [0.15, 0.2) is 0 Å². The van der Waals surface area contributed by atoms with Gasteiger partial charge in [0.25, 0.3) is 0 Å². The first-order valence-corrected chi connectivity index (χ1v) is 7.79. The van der Waals surface area contributed by atoms with Crippen LogP contribution >= 0.6 is 0 Å². The molecule has 2 nitrogen and oxygen atoms in total. The summed E-state index contributed by atoms with van der Waals surface area (Å²) in [6, 6.07) is 0. The lowest BCUT2D eigenvalue weighted by atomic mass is 9.73. The Labute approximate surface area is 106 Å². The zero-order valence-corrected chi connectivity index (χ0v) is 11.2. The Hall–Kier alpha value is -0.0800. The van der Waals surface area contributed by atoms with Crippen molar-refractivity contribution in [1.29, 1.82) is 0 Å². The highest BCUT2D eigenvalue weighted by molar-refractivity contribution is 4.96. The highest BCUT2D eigenvalue weighted by Gasteiger charge is 2.42. The van der Waals surface area contributed by atoms with Crippen LogP contribution in [0.3, 0.4) is 0 Å². The lowest BCUT2D eigenvalue weighted by molar-refractivity contribution is -0.0238. The average Bonchev–Trinajstić information content (AvgIpc) is 2.56. The predicted octanol–water partition coefficient (Wildman–Crippen LogP) is 2.64. The van der Waals surface area contributed by atoms with Gasteiger partial charge >= 0.3 is 0 Å². The van der Waals surface area contributed by atoms with Crippen LogP contribution in [0.4, 0.5) is 0 Å². The van der Waals surface area contributed by atoms with E-state index < -0.39 is 0 Å². The largest absolute Gasteiger partial charge is 0.317 e. The predicted molar refractivity (Wildman–Crippen MR) is 72.2 cm³/mol. The molecule has 0 atom stereocenters. The summed E-state index contributed by atoms with van der Waals surface area (Å²) in [5.74, 6) is 0.986. The van der Waals surface area contributed by atoms with Gasteiger partial charge in [-0.2, -0.15) is 0 Å². The normalized spacial score (nSPS) is 31.1. The molecular weight excluding hydrogens is 208 g/mol. The van der Waals surface area contributed by atoms with Crippen LogP contribution in [0.1, 0.15) is 51.4 Å². The number of piperidine rings is 1. The van der Waals surface area contributed by atoms with Crippen molar-refractivity contribution in [1.82, 2.24) is 10.2 Å². The Morgan fingerprint density at radius 1 is 0.941 bits per heavy atom. The molecule has 0 amide bonds. The number of nitrogens with zero attached hydrogens (tertiary/aromatic N) is 1. The van der Waals surface area contributed by atoms with E-state index in [0.717, 1.165) is 11.3 Å². The second-order valence-electron chi connectivity index (χ2n) is 6.78. The molecule has 3 fully saturated rings. The van der Waals surface area contributed by atoms with E-state index in [1.54, 1.807) is 0 Å². The van der Waals surface area contributed by atoms with Gasteiger partial charge in [0, 0.05) is 19.6 Å². The van der Waals surface area contributed by atoms with Crippen LogP contribution in [0.25, 0.3) is 0 Å². The van der Waals surface area contributed by atoms with Crippen molar-refractivity contribution < 1.29 is 0 Å². The maximum atomic E-state index is 3.47. The summed E-state index contributed by atoms with van der Waals surface area (Å²) in [6.07, 6.45) is 11.9. The summed E-state index contributed by atoms with van der Waals surface area (Å²) in [6.45, 7) is 6.75. The summed E-state index contributed by atoms with van der Waals surface area (Å²) in [5.41, 5.74) is 0.767. The molecule has 2 saturated heterocycles. The summed E-state index contributed by atoms with van der Waals surface area (Å²) in [4.78, 5) is 2.75. The molecule has 1 spiro atoms. The quantitative estimate of drug-likeness (QED) is 0.793. The van der Waals surface area contributed by atoms with Crippen molar-refractivity contribution in [2.45, 2.75) is 51.4 Å². The van der Waals surface area contributed by atoms with E-state index in [1.165, 1.54) is 84.1 Å². The highest BCUT2D eigenvalue weighted by Crippen LogP contribution is 2.43. The third-order valence-corrected chi connectivity index (χ3v) is 5.26. The Bertz CT molecular complexity index is 229. The minimum absolute atomic E-state index is 0.767. The molecule has 0 bridgehead atoms. The maximum absolute atomic E-state index is 3.47. The van der Waals surface area contributed by atoms with Crippen molar-refractivity contribution in [2.24, 2.45) is 11.3 Å². The first-order valence-electron chi connectivity index (χ1n) is 7.79. The number of hydrogen-bond donors (Lipinski definition) is 1. The smallest absolute Gasteiger partial charge is 0.00506 e. The monoisotopic (exact) mass is 236 g/mol. The van der Waals surface area contributed by atoms with Gasteiger partial charge in [-0.25, -0.2) is 0 Å². The molecule has 0 aromatic carbocycles. The number of likely N-dealkylation sites (tertiary alicyclic amines) is 1. The Balaban J connectivity index is 1.43. The average molecular weight is 236 g/mol. The third kappa shape index (κ3) is 2.85. The fraction of sp³-hybridized carbons (Fsp3) is 1.00. The Morgan fingerprint density at radius 3 is 2.24 bits per heavy atom. The standard InChI is InChI=1S/C15H28N2/c1-2-4-8-15(7-3-1)12-17(13-15)11-14-5-9-16-10-6-14/h14,16H,1-13H2. The highest BCUT2D eigenvalue weighted by atomic mass is 15.2. The molecule has 1 aliphatic carbocycles. The second-order valence-corrected chi connectivity index (χ2v) is 6.78.